The minimum absolute atomic E-state index is 0.325. The molecule has 0 saturated carbocycles. The third-order valence-electron chi connectivity index (χ3n) is 4.48. The van der Waals surface area contributed by atoms with Crippen molar-refractivity contribution in [1.29, 1.82) is 0 Å². The van der Waals surface area contributed by atoms with Crippen LogP contribution in [0, 0.1) is 0 Å². The lowest BCUT2D eigenvalue weighted by Gasteiger charge is -2.09. The van der Waals surface area contributed by atoms with Crippen LogP contribution in [-0.2, 0) is 9.53 Å². The number of rotatable bonds is 6. The number of hydrogen-bond donors (Lipinski definition) is 2. The van der Waals surface area contributed by atoms with Gasteiger partial charge in [0, 0.05) is 17.3 Å². The third kappa shape index (κ3) is 4.15. The van der Waals surface area contributed by atoms with Gasteiger partial charge in [-0.05, 0) is 30.3 Å². The zero-order valence-corrected chi connectivity index (χ0v) is 16.2. The Bertz CT molecular complexity index is 1180. The zero-order chi connectivity index (χ0) is 20.9. The lowest BCUT2D eigenvalue weighted by Crippen LogP contribution is -2.21. The fourth-order valence-electron chi connectivity index (χ4n) is 3.05. The maximum atomic E-state index is 12.6. The van der Waals surface area contributed by atoms with Gasteiger partial charge in [-0.2, -0.15) is 0 Å². The molecule has 4 aromatic rings. The van der Waals surface area contributed by atoms with E-state index in [0.29, 0.717) is 28.4 Å². The SMILES string of the molecule is COc1cccc(NC(=O)COC(=O)c2ccccc2-c2nc3ccccc3[nH]2)c1. The number of carbonyl (C=O) groups excluding carboxylic acids is 2. The largest absolute Gasteiger partial charge is 0.497 e. The average Bonchev–Trinajstić information content (AvgIpc) is 3.22. The number of fused-ring (bicyclic) bond motifs is 1. The predicted octanol–water partition coefficient (Wildman–Crippen LogP) is 4.03. The summed E-state index contributed by atoms with van der Waals surface area (Å²) in [6, 6.07) is 21.5. The van der Waals surface area contributed by atoms with Crippen molar-refractivity contribution in [2.45, 2.75) is 0 Å². The fraction of sp³-hybridized carbons (Fsp3) is 0.0870. The molecule has 7 heteroatoms. The number of hydrogen-bond acceptors (Lipinski definition) is 5. The van der Waals surface area contributed by atoms with Gasteiger partial charge in [-0.25, -0.2) is 9.78 Å². The summed E-state index contributed by atoms with van der Waals surface area (Å²) < 4.78 is 10.4. The fourth-order valence-corrected chi connectivity index (χ4v) is 3.05. The van der Waals surface area contributed by atoms with Gasteiger partial charge in [-0.1, -0.05) is 36.4 Å². The number of anilines is 1. The standard InChI is InChI=1S/C23H19N3O4/c1-29-16-8-6-7-15(13-16)24-21(27)14-30-23(28)18-10-3-2-9-17(18)22-25-19-11-4-5-12-20(19)26-22/h2-13H,14H2,1H3,(H,24,27)(H,25,26). The highest BCUT2D eigenvalue weighted by molar-refractivity contribution is 5.99. The van der Waals surface area contributed by atoms with Crippen molar-refractivity contribution in [2.75, 3.05) is 19.0 Å². The molecule has 7 nitrogen and oxygen atoms in total. The van der Waals surface area contributed by atoms with E-state index in [2.05, 4.69) is 15.3 Å². The summed E-state index contributed by atoms with van der Waals surface area (Å²) in [5.41, 5.74) is 3.15. The van der Waals surface area contributed by atoms with Crippen molar-refractivity contribution in [2.24, 2.45) is 0 Å². The minimum Gasteiger partial charge on any atom is -0.497 e. The van der Waals surface area contributed by atoms with Crippen molar-refractivity contribution >= 4 is 28.6 Å². The van der Waals surface area contributed by atoms with E-state index in [-0.39, 0.29) is 0 Å². The number of amides is 1. The molecule has 0 unspecified atom stereocenters. The summed E-state index contributed by atoms with van der Waals surface area (Å²) >= 11 is 0. The highest BCUT2D eigenvalue weighted by Crippen LogP contribution is 2.24. The second-order valence-corrected chi connectivity index (χ2v) is 6.50. The number of carbonyl (C=O) groups is 2. The van der Waals surface area contributed by atoms with Crippen LogP contribution in [0.5, 0.6) is 5.75 Å². The molecule has 150 valence electrons. The lowest BCUT2D eigenvalue weighted by atomic mass is 10.1. The Labute approximate surface area is 172 Å². The van der Waals surface area contributed by atoms with Crippen LogP contribution in [-0.4, -0.2) is 35.6 Å². The van der Waals surface area contributed by atoms with Crippen LogP contribution in [0.4, 0.5) is 5.69 Å². The molecule has 1 heterocycles. The number of nitrogens with one attached hydrogen (secondary N) is 2. The van der Waals surface area contributed by atoms with Crippen molar-refractivity contribution in [3.05, 3.63) is 78.4 Å². The summed E-state index contributed by atoms with van der Waals surface area (Å²) in [6.07, 6.45) is 0. The number of aromatic amines is 1. The molecule has 4 rings (SSSR count). The second kappa shape index (κ2) is 8.48. The first-order valence-electron chi connectivity index (χ1n) is 9.29. The van der Waals surface area contributed by atoms with Crippen molar-refractivity contribution < 1.29 is 19.1 Å². The van der Waals surface area contributed by atoms with Gasteiger partial charge in [0.2, 0.25) is 0 Å². The molecule has 30 heavy (non-hydrogen) atoms. The monoisotopic (exact) mass is 401 g/mol. The topological polar surface area (TPSA) is 93.3 Å². The van der Waals surface area contributed by atoms with Gasteiger partial charge in [-0.3, -0.25) is 4.79 Å². The molecule has 1 amide bonds. The molecule has 0 aliphatic heterocycles. The maximum Gasteiger partial charge on any atom is 0.339 e. The highest BCUT2D eigenvalue weighted by atomic mass is 16.5. The van der Waals surface area contributed by atoms with Crippen LogP contribution >= 0.6 is 0 Å². The number of imidazole rings is 1. The zero-order valence-electron chi connectivity index (χ0n) is 16.2. The van der Waals surface area contributed by atoms with E-state index in [1.165, 1.54) is 0 Å². The van der Waals surface area contributed by atoms with Gasteiger partial charge in [-0.15, -0.1) is 0 Å². The minimum atomic E-state index is -0.605. The van der Waals surface area contributed by atoms with Crippen molar-refractivity contribution in [3.8, 4) is 17.1 Å². The number of nitrogens with zero attached hydrogens (tertiary/aromatic N) is 1. The molecule has 0 aliphatic rings. The molecular weight excluding hydrogens is 382 g/mol. The predicted molar refractivity (Wildman–Crippen MR) is 113 cm³/mol. The summed E-state index contributed by atoms with van der Waals surface area (Å²) in [5, 5.41) is 2.67. The first-order chi connectivity index (χ1) is 14.6. The summed E-state index contributed by atoms with van der Waals surface area (Å²) in [5.74, 6) is 0.124. The number of aromatic nitrogens is 2. The smallest absolute Gasteiger partial charge is 0.339 e. The van der Waals surface area contributed by atoms with Gasteiger partial charge in [0.05, 0.1) is 23.7 Å². The van der Waals surface area contributed by atoms with E-state index in [1.54, 1.807) is 49.6 Å². The van der Waals surface area contributed by atoms with Crippen LogP contribution in [0.2, 0.25) is 0 Å². The van der Waals surface area contributed by atoms with E-state index < -0.39 is 18.5 Å². The number of esters is 1. The van der Waals surface area contributed by atoms with E-state index in [9.17, 15) is 9.59 Å². The maximum absolute atomic E-state index is 12.6. The second-order valence-electron chi connectivity index (χ2n) is 6.50. The lowest BCUT2D eigenvalue weighted by molar-refractivity contribution is -0.119. The van der Waals surface area contributed by atoms with Gasteiger partial charge < -0.3 is 19.8 Å². The van der Waals surface area contributed by atoms with E-state index in [0.717, 1.165) is 11.0 Å². The molecule has 0 spiro atoms. The van der Waals surface area contributed by atoms with Gasteiger partial charge >= 0.3 is 5.97 Å². The molecule has 3 aromatic carbocycles. The van der Waals surface area contributed by atoms with Gasteiger partial charge in [0.1, 0.15) is 11.6 Å². The summed E-state index contributed by atoms with van der Waals surface area (Å²) in [7, 11) is 1.54. The third-order valence-corrected chi connectivity index (χ3v) is 4.48. The Morgan fingerprint density at radius 2 is 1.80 bits per heavy atom. The van der Waals surface area contributed by atoms with Gasteiger partial charge in [0.15, 0.2) is 6.61 Å². The number of methoxy groups -OCH3 is 1. The van der Waals surface area contributed by atoms with Crippen LogP contribution in [0.25, 0.3) is 22.4 Å². The highest BCUT2D eigenvalue weighted by Gasteiger charge is 2.17. The van der Waals surface area contributed by atoms with Crippen LogP contribution in [0.1, 0.15) is 10.4 Å². The van der Waals surface area contributed by atoms with Crippen LogP contribution in [0.3, 0.4) is 0 Å². The first kappa shape index (κ1) is 19.2. The first-order valence-corrected chi connectivity index (χ1v) is 9.29. The number of benzene rings is 3. The van der Waals surface area contributed by atoms with E-state index in [1.807, 2.05) is 30.3 Å². The molecule has 0 radical (unpaired) electrons. The summed E-state index contributed by atoms with van der Waals surface area (Å²) in [6.45, 7) is -0.412. The Hall–Kier alpha value is -4.13. The summed E-state index contributed by atoms with van der Waals surface area (Å²) in [4.78, 5) is 32.6. The number of para-hydroxylation sites is 2. The number of H-pyrrole nitrogens is 1. The van der Waals surface area contributed by atoms with Crippen LogP contribution in [0.15, 0.2) is 72.8 Å². The Morgan fingerprint density at radius 1 is 1.00 bits per heavy atom. The Balaban J connectivity index is 1.47. The Kier molecular flexibility index (Phi) is 5.43. The molecule has 0 saturated heterocycles. The normalized spacial score (nSPS) is 10.6. The molecule has 0 bridgehead atoms. The molecular formula is C23H19N3O4. The van der Waals surface area contributed by atoms with Gasteiger partial charge in [0.25, 0.3) is 5.91 Å². The van der Waals surface area contributed by atoms with E-state index in [4.69, 9.17) is 9.47 Å². The number of ether oxygens (including phenoxy) is 2. The molecule has 1 aromatic heterocycles. The average molecular weight is 401 g/mol. The van der Waals surface area contributed by atoms with Crippen molar-refractivity contribution in [3.63, 3.8) is 0 Å². The van der Waals surface area contributed by atoms with Crippen molar-refractivity contribution in [1.82, 2.24) is 9.97 Å². The quantitative estimate of drug-likeness (QED) is 0.476. The Morgan fingerprint density at radius 3 is 2.63 bits per heavy atom. The van der Waals surface area contributed by atoms with Crippen LogP contribution < -0.4 is 10.1 Å². The molecule has 0 fully saturated rings. The van der Waals surface area contributed by atoms with E-state index >= 15 is 0 Å². The molecule has 0 aliphatic carbocycles. The molecule has 2 N–H and O–H groups in total. The molecule has 0 atom stereocenters.